The van der Waals surface area contributed by atoms with Crippen LogP contribution in [0.3, 0.4) is 0 Å². The second-order valence-electron chi connectivity index (χ2n) is 8.15. The molecule has 3 aliphatic heterocycles. The lowest BCUT2D eigenvalue weighted by Crippen LogP contribution is -2.53. The standard InChI is InChI=1S/C19H27N3O2.C2HF3O2/c23-19(22-9-3-4-10-22)16-7-12-24-18-6-11-21(14-17(16)18)13-15-5-1-2-8-20-15;3-2(4,5)1(6)7/h1-2,5,8,16-18H,3-4,6-7,9-14H2;(H,6,7)/t16-,17+,18-;/m1./s1. The summed E-state index contributed by atoms with van der Waals surface area (Å²) < 4.78 is 37.7. The van der Waals surface area contributed by atoms with Gasteiger partial charge in [0.25, 0.3) is 0 Å². The number of rotatable bonds is 3. The zero-order valence-electron chi connectivity index (χ0n) is 17.3. The molecule has 31 heavy (non-hydrogen) atoms. The van der Waals surface area contributed by atoms with E-state index in [4.69, 9.17) is 14.6 Å². The summed E-state index contributed by atoms with van der Waals surface area (Å²) in [6, 6.07) is 6.07. The van der Waals surface area contributed by atoms with Crippen LogP contribution in [0.2, 0.25) is 0 Å². The number of aromatic nitrogens is 1. The third kappa shape index (κ3) is 6.39. The number of carboxylic acids is 1. The Labute approximate surface area is 179 Å². The molecule has 3 aliphatic rings. The summed E-state index contributed by atoms with van der Waals surface area (Å²) in [4.78, 5) is 30.8. The van der Waals surface area contributed by atoms with Crippen molar-refractivity contribution in [3.8, 4) is 0 Å². The van der Waals surface area contributed by atoms with Crippen molar-refractivity contribution in [3.05, 3.63) is 30.1 Å². The number of alkyl halides is 3. The van der Waals surface area contributed by atoms with Crippen LogP contribution in [0.5, 0.6) is 0 Å². The molecule has 1 aromatic rings. The first-order valence-corrected chi connectivity index (χ1v) is 10.6. The Kier molecular flexibility index (Phi) is 7.88. The van der Waals surface area contributed by atoms with E-state index in [9.17, 15) is 18.0 Å². The molecule has 3 atom stereocenters. The van der Waals surface area contributed by atoms with Crippen LogP contribution in [0, 0.1) is 11.8 Å². The molecule has 0 saturated carbocycles. The van der Waals surface area contributed by atoms with Gasteiger partial charge in [0.2, 0.25) is 5.91 Å². The first-order valence-electron chi connectivity index (χ1n) is 10.6. The lowest BCUT2D eigenvalue weighted by atomic mass is 9.78. The van der Waals surface area contributed by atoms with Crippen molar-refractivity contribution in [3.63, 3.8) is 0 Å². The first kappa shape index (κ1) is 23.5. The number of carbonyl (C=O) groups excluding carboxylic acids is 1. The largest absolute Gasteiger partial charge is 0.490 e. The highest BCUT2D eigenvalue weighted by Crippen LogP contribution is 2.35. The van der Waals surface area contributed by atoms with Crippen LogP contribution in [-0.2, 0) is 20.9 Å². The van der Waals surface area contributed by atoms with Crippen LogP contribution in [0.4, 0.5) is 13.2 Å². The van der Waals surface area contributed by atoms with E-state index in [1.54, 1.807) is 0 Å². The zero-order valence-corrected chi connectivity index (χ0v) is 17.3. The summed E-state index contributed by atoms with van der Waals surface area (Å²) in [5, 5.41) is 7.12. The Hall–Kier alpha value is -2.20. The highest BCUT2D eigenvalue weighted by atomic mass is 19.4. The maximum atomic E-state index is 13.0. The van der Waals surface area contributed by atoms with Crippen molar-refractivity contribution in [1.82, 2.24) is 14.8 Å². The number of hydrogen-bond acceptors (Lipinski definition) is 5. The van der Waals surface area contributed by atoms with Crippen LogP contribution in [0.25, 0.3) is 0 Å². The molecule has 1 N–H and O–H groups in total. The molecule has 7 nitrogen and oxygen atoms in total. The van der Waals surface area contributed by atoms with Crippen LogP contribution < -0.4 is 0 Å². The number of likely N-dealkylation sites (tertiary alicyclic amines) is 2. The normalized spacial score (nSPS) is 26.5. The molecule has 1 amide bonds. The number of halogens is 3. The van der Waals surface area contributed by atoms with E-state index in [2.05, 4.69) is 20.9 Å². The van der Waals surface area contributed by atoms with Crippen molar-refractivity contribution in [1.29, 1.82) is 0 Å². The summed E-state index contributed by atoms with van der Waals surface area (Å²) in [6.07, 6.45) is 1.26. The number of pyridine rings is 1. The van der Waals surface area contributed by atoms with E-state index < -0.39 is 12.1 Å². The average molecular weight is 443 g/mol. The lowest BCUT2D eigenvalue weighted by molar-refractivity contribution is -0.192. The third-order valence-corrected chi connectivity index (χ3v) is 6.04. The average Bonchev–Trinajstić information content (AvgIpc) is 3.28. The second kappa shape index (κ2) is 10.4. The van der Waals surface area contributed by atoms with Gasteiger partial charge in [0.05, 0.1) is 11.8 Å². The predicted molar refractivity (Wildman–Crippen MR) is 105 cm³/mol. The molecule has 4 heterocycles. The molecule has 0 radical (unpaired) electrons. The molecule has 4 rings (SSSR count). The first-order chi connectivity index (χ1) is 14.8. The smallest absolute Gasteiger partial charge is 0.475 e. The molecular weight excluding hydrogens is 415 g/mol. The van der Waals surface area contributed by atoms with Crippen molar-refractivity contribution < 1.29 is 32.6 Å². The van der Waals surface area contributed by atoms with E-state index in [1.165, 1.54) is 0 Å². The number of amides is 1. The van der Waals surface area contributed by atoms with E-state index in [0.29, 0.717) is 11.8 Å². The Bertz CT molecular complexity index is 741. The Morgan fingerprint density at radius 2 is 1.87 bits per heavy atom. The minimum Gasteiger partial charge on any atom is -0.475 e. The van der Waals surface area contributed by atoms with Crippen LogP contribution in [0.1, 0.15) is 31.4 Å². The van der Waals surface area contributed by atoms with E-state index in [1.807, 2.05) is 18.3 Å². The summed E-state index contributed by atoms with van der Waals surface area (Å²) in [5.74, 6) is -1.89. The molecule has 3 fully saturated rings. The summed E-state index contributed by atoms with van der Waals surface area (Å²) in [5.41, 5.74) is 1.11. The number of nitrogens with zero attached hydrogens (tertiary/aromatic N) is 3. The van der Waals surface area contributed by atoms with Gasteiger partial charge in [-0.2, -0.15) is 13.2 Å². The van der Waals surface area contributed by atoms with Crippen molar-refractivity contribution in [2.45, 2.75) is 44.5 Å². The van der Waals surface area contributed by atoms with E-state index in [-0.39, 0.29) is 12.0 Å². The molecule has 0 bridgehead atoms. The number of ether oxygens (including phenoxy) is 1. The maximum Gasteiger partial charge on any atom is 0.490 e. The number of piperidine rings is 1. The van der Waals surface area contributed by atoms with Crippen molar-refractivity contribution in [2.24, 2.45) is 11.8 Å². The van der Waals surface area contributed by atoms with Gasteiger partial charge in [0, 0.05) is 57.4 Å². The SMILES string of the molecule is O=C(O)C(F)(F)F.O=C([C@@H]1CCO[C@@H]2CCN(Cc3ccccn3)C[C@H]21)N1CCCC1. The van der Waals surface area contributed by atoms with Gasteiger partial charge in [-0.05, 0) is 37.8 Å². The van der Waals surface area contributed by atoms with Gasteiger partial charge in [0.1, 0.15) is 0 Å². The minimum atomic E-state index is -5.08. The predicted octanol–water partition coefficient (Wildman–Crippen LogP) is 2.56. The molecular formula is C21H28F3N3O4. The highest BCUT2D eigenvalue weighted by molar-refractivity contribution is 5.79. The van der Waals surface area contributed by atoms with Crippen molar-refractivity contribution in [2.75, 3.05) is 32.8 Å². The van der Waals surface area contributed by atoms with Gasteiger partial charge in [-0.1, -0.05) is 6.07 Å². The van der Waals surface area contributed by atoms with Gasteiger partial charge >= 0.3 is 12.1 Å². The second-order valence-corrected chi connectivity index (χ2v) is 8.15. The summed E-state index contributed by atoms with van der Waals surface area (Å²) >= 11 is 0. The molecule has 3 saturated heterocycles. The topological polar surface area (TPSA) is 83.0 Å². The van der Waals surface area contributed by atoms with Crippen LogP contribution in [0.15, 0.2) is 24.4 Å². The van der Waals surface area contributed by atoms with Gasteiger partial charge in [0.15, 0.2) is 0 Å². The number of carboxylic acid groups (broad SMARTS) is 1. The Morgan fingerprint density at radius 3 is 2.48 bits per heavy atom. The van der Waals surface area contributed by atoms with Gasteiger partial charge in [-0.15, -0.1) is 0 Å². The van der Waals surface area contributed by atoms with Gasteiger partial charge in [-0.3, -0.25) is 14.7 Å². The number of aliphatic carboxylic acids is 1. The quantitative estimate of drug-likeness (QED) is 0.773. The molecule has 1 aromatic heterocycles. The van der Waals surface area contributed by atoms with Crippen molar-refractivity contribution >= 4 is 11.9 Å². The Morgan fingerprint density at radius 1 is 1.16 bits per heavy atom. The molecule has 0 aliphatic carbocycles. The molecule has 0 unspecified atom stereocenters. The maximum absolute atomic E-state index is 13.0. The molecule has 0 aromatic carbocycles. The number of hydrogen-bond donors (Lipinski definition) is 1. The monoisotopic (exact) mass is 443 g/mol. The summed E-state index contributed by atoms with van der Waals surface area (Å²) in [7, 11) is 0. The van der Waals surface area contributed by atoms with Gasteiger partial charge in [-0.25, -0.2) is 4.79 Å². The van der Waals surface area contributed by atoms with Crippen LogP contribution in [-0.4, -0.2) is 76.8 Å². The third-order valence-electron chi connectivity index (χ3n) is 6.04. The number of carbonyl (C=O) groups is 2. The molecule has 0 spiro atoms. The van der Waals surface area contributed by atoms with Gasteiger partial charge < -0.3 is 14.7 Å². The lowest BCUT2D eigenvalue weighted by Gasteiger charge is -2.45. The molecule has 10 heteroatoms. The highest BCUT2D eigenvalue weighted by Gasteiger charge is 2.43. The minimum absolute atomic E-state index is 0.147. The summed E-state index contributed by atoms with van der Waals surface area (Å²) in [6.45, 7) is 5.49. The molecule has 172 valence electrons. The fraction of sp³-hybridized carbons (Fsp3) is 0.667. The van der Waals surface area contributed by atoms with E-state index >= 15 is 0 Å². The fourth-order valence-corrected chi connectivity index (χ4v) is 4.53. The van der Waals surface area contributed by atoms with Crippen LogP contribution >= 0.6 is 0 Å². The Balaban J connectivity index is 0.000000339. The fourth-order valence-electron chi connectivity index (χ4n) is 4.53. The number of fused-ring (bicyclic) bond motifs is 1. The zero-order chi connectivity index (χ0) is 22.4. The van der Waals surface area contributed by atoms with E-state index in [0.717, 1.165) is 70.7 Å².